The fourth-order valence-electron chi connectivity index (χ4n) is 5.53. The first-order valence-corrected chi connectivity index (χ1v) is 10.7. The molecule has 1 spiro atoms. The van der Waals surface area contributed by atoms with Crippen molar-refractivity contribution in [2.45, 2.75) is 30.6 Å². The zero-order valence-corrected chi connectivity index (χ0v) is 17.3. The predicted octanol–water partition coefficient (Wildman–Crippen LogP) is 4.18. The topological polar surface area (TPSA) is 26.7 Å². The van der Waals surface area contributed by atoms with Gasteiger partial charge < -0.3 is 5.11 Å². The van der Waals surface area contributed by atoms with Gasteiger partial charge in [0.25, 0.3) is 0 Å². The molecule has 0 bridgehead atoms. The van der Waals surface area contributed by atoms with Gasteiger partial charge in [-0.3, -0.25) is 9.80 Å². The van der Waals surface area contributed by atoms with E-state index in [4.69, 9.17) is 0 Å². The molecule has 3 aromatic carbocycles. The lowest BCUT2D eigenvalue weighted by Crippen LogP contribution is -2.84. The summed E-state index contributed by atoms with van der Waals surface area (Å²) in [5.41, 5.74) is 2.33. The second kappa shape index (κ2) is 8.15. The molecule has 5 rings (SSSR count). The second-order valence-corrected chi connectivity index (χ2v) is 8.70. The molecule has 0 aliphatic carbocycles. The molecule has 0 amide bonds. The third kappa shape index (κ3) is 3.47. The average molecular weight is 421 g/mol. The molecular formula is C26H26F2N2O. The SMILES string of the molecule is OC[C@H]1[C@H](c2ccccc2)C2(CN(Cc3ccccc3F)C2)N1Cc1ccccc1F. The van der Waals surface area contributed by atoms with Crippen LogP contribution in [0.15, 0.2) is 78.9 Å². The van der Waals surface area contributed by atoms with Crippen LogP contribution < -0.4 is 0 Å². The van der Waals surface area contributed by atoms with Crippen LogP contribution in [0.3, 0.4) is 0 Å². The standard InChI is InChI=1S/C26H26F2N2O/c27-22-12-6-4-10-20(22)14-29-17-26(18-29)25(19-8-2-1-3-9-19)24(16-31)30(26)15-21-11-5-7-13-23(21)28/h1-13,24-25,31H,14-18H2/t24-,25-/m0/s1. The molecule has 1 N–H and O–H groups in total. The Morgan fingerprint density at radius 2 is 1.32 bits per heavy atom. The Bertz CT molecular complexity index is 1050. The van der Waals surface area contributed by atoms with Crippen molar-refractivity contribution in [1.82, 2.24) is 9.80 Å². The van der Waals surface area contributed by atoms with E-state index < -0.39 is 0 Å². The Kier molecular flexibility index (Phi) is 5.34. The molecule has 2 fully saturated rings. The summed E-state index contributed by atoms with van der Waals surface area (Å²) in [7, 11) is 0. The molecule has 0 radical (unpaired) electrons. The second-order valence-electron chi connectivity index (χ2n) is 8.70. The minimum atomic E-state index is -0.222. The third-order valence-electron chi connectivity index (χ3n) is 6.93. The summed E-state index contributed by atoms with van der Waals surface area (Å²) in [6.45, 7) is 2.53. The first-order valence-electron chi connectivity index (χ1n) is 10.7. The van der Waals surface area contributed by atoms with E-state index in [2.05, 4.69) is 21.9 Å². The highest BCUT2D eigenvalue weighted by molar-refractivity contribution is 5.37. The third-order valence-corrected chi connectivity index (χ3v) is 6.93. The molecule has 2 aliphatic rings. The number of hydrogen-bond donors (Lipinski definition) is 1. The summed E-state index contributed by atoms with van der Waals surface area (Å²) >= 11 is 0. The predicted molar refractivity (Wildman–Crippen MR) is 116 cm³/mol. The first kappa shape index (κ1) is 20.3. The molecule has 160 valence electrons. The van der Waals surface area contributed by atoms with E-state index in [9.17, 15) is 13.9 Å². The highest BCUT2D eigenvalue weighted by Crippen LogP contribution is 2.54. The van der Waals surface area contributed by atoms with E-state index in [0.717, 1.165) is 13.1 Å². The average Bonchev–Trinajstić information content (AvgIpc) is 2.75. The summed E-state index contributed by atoms with van der Waals surface area (Å²) in [4.78, 5) is 4.48. The van der Waals surface area contributed by atoms with Gasteiger partial charge in [0.2, 0.25) is 0 Å². The van der Waals surface area contributed by atoms with Crippen molar-refractivity contribution in [3.63, 3.8) is 0 Å². The van der Waals surface area contributed by atoms with Crippen LogP contribution in [0.25, 0.3) is 0 Å². The number of aliphatic hydroxyl groups excluding tert-OH is 1. The van der Waals surface area contributed by atoms with Crippen molar-refractivity contribution >= 4 is 0 Å². The highest BCUT2D eigenvalue weighted by atomic mass is 19.1. The molecule has 3 nitrogen and oxygen atoms in total. The molecule has 2 saturated heterocycles. The van der Waals surface area contributed by atoms with Gasteiger partial charge in [-0.05, 0) is 17.7 Å². The highest BCUT2D eigenvalue weighted by Gasteiger charge is 2.65. The van der Waals surface area contributed by atoms with E-state index >= 15 is 0 Å². The molecule has 31 heavy (non-hydrogen) atoms. The normalized spacial score (nSPS) is 22.8. The maximum atomic E-state index is 14.4. The number of aliphatic hydroxyl groups is 1. The van der Waals surface area contributed by atoms with E-state index in [1.54, 1.807) is 12.1 Å². The number of halogens is 2. The van der Waals surface area contributed by atoms with Crippen LogP contribution in [0.2, 0.25) is 0 Å². The lowest BCUT2D eigenvalue weighted by atomic mass is 9.60. The molecule has 3 aromatic rings. The Morgan fingerprint density at radius 3 is 1.90 bits per heavy atom. The van der Waals surface area contributed by atoms with E-state index in [1.807, 2.05) is 42.5 Å². The smallest absolute Gasteiger partial charge is 0.127 e. The Balaban J connectivity index is 1.42. The first-order chi connectivity index (χ1) is 15.1. The minimum Gasteiger partial charge on any atom is -0.395 e. The van der Waals surface area contributed by atoms with Crippen LogP contribution in [-0.4, -0.2) is 46.2 Å². The maximum absolute atomic E-state index is 14.4. The summed E-state index contributed by atoms with van der Waals surface area (Å²) in [5.74, 6) is -0.254. The van der Waals surface area contributed by atoms with Crippen molar-refractivity contribution in [2.75, 3.05) is 19.7 Å². The number of likely N-dealkylation sites (tertiary alicyclic amines) is 2. The Morgan fingerprint density at radius 1 is 0.774 bits per heavy atom. The van der Waals surface area contributed by atoms with E-state index in [0.29, 0.717) is 24.2 Å². The Hall–Kier alpha value is -2.60. The summed E-state index contributed by atoms with van der Waals surface area (Å²) < 4.78 is 28.6. The van der Waals surface area contributed by atoms with Crippen LogP contribution in [0.4, 0.5) is 8.78 Å². The molecule has 5 heteroatoms. The molecule has 2 atom stereocenters. The molecule has 2 heterocycles. The maximum Gasteiger partial charge on any atom is 0.127 e. The zero-order chi connectivity index (χ0) is 21.4. The number of hydrogen-bond acceptors (Lipinski definition) is 3. The van der Waals surface area contributed by atoms with Gasteiger partial charge in [-0.2, -0.15) is 0 Å². The van der Waals surface area contributed by atoms with Crippen LogP contribution in [-0.2, 0) is 13.1 Å². The molecule has 2 aliphatic heterocycles. The van der Waals surface area contributed by atoms with Crippen LogP contribution >= 0.6 is 0 Å². The molecular weight excluding hydrogens is 394 g/mol. The quantitative estimate of drug-likeness (QED) is 0.648. The summed E-state index contributed by atoms with van der Waals surface area (Å²) in [6.07, 6.45) is 0. The van der Waals surface area contributed by atoms with E-state index in [1.165, 1.54) is 17.7 Å². The van der Waals surface area contributed by atoms with Crippen molar-refractivity contribution in [3.05, 3.63) is 107 Å². The molecule has 0 saturated carbocycles. The van der Waals surface area contributed by atoms with Gasteiger partial charge in [-0.25, -0.2) is 8.78 Å². The lowest BCUT2D eigenvalue weighted by molar-refractivity contribution is -0.198. The van der Waals surface area contributed by atoms with Crippen molar-refractivity contribution in [2.24, 2.45) is 0 Å². The number of benzene rings is 3. The van der Waals surface area contributed by atoms with Gasteiger partial charge >= 0.3 is 0 Å². The van der Waals surface area contributed by atoms with Crippen LogP contribution in [0.1, 0.15) is 22.6 Å². The van der Waals surface area contributed by atoms with Gasteiger partial charge in [-0.15, -0.1) is 0 Å². The van der Waals surface area contributed by atoms with Crippen LogP contribution in [0, 0.1) is 11.6 Å². The van der Waals surface area contributed by atoms with E-state index in [-0.39, 0.29) is 35.7 Å². The Labute approximate surface area is 181 Å². The van der Waals surface area contributed by atoms with Gasteiger partial charge in [0.05, 0.1) is 12.1 Å². The summed E-state index contributed by atoms with van der Waals surface area (Å²) in [5, 5.41) is 10.2. The van der Waals surface area contributed by atoms with Crippen LogP contribution in [0.5, 0.6) is 0 Å². The van der Waals surface area contributed by atoms with Crippen molar-refractivity contribution in [3.8, 4) is 0 Å². The fourth-order valence-corrected chi connectivity index (χ4v) is 5.53. The van der Waals surface area contributed by atoms with Gasteiger partial charge in [0.1, 0.15) is 11.6 Å². The van der Waals surface area contributed by atoms with Gasteiger partial charge in [-0.1, -0.05) is 66.7 Å². The minimum absolute atomic E-state index is 0.0169. The fraction of sp³-hybridized carbons (Fsp3) is 0.308. The van der Waals surface area contributed by atoms with Crippen molar-refractivity contribution in [1.29, 1.82) is 0 Å². The van der Waals surface area contributed by atoms with Gasteiger partial charge in [0.15, 0.2) is 0 Å². The lowest BCUT2D eigenvalue weighted by Gasteiger charge is -2.71. The monoisotopic (exact) mass is 420 g/mol. The molecule has 0 unspecified atom stereocenters. The van der Waals surface area contributed by atoms with Gasteiger partial charge in [0, 0.05) is 49.3 Å². The number of rotatable bonds is 6. The van der Waals surface area contributed by atoms with Crippen molar-refractivity contribution < 1.29 is 13.9 Å². The number of nitrogens with zero attached hydrogens (tertiary/aromatic N) is 2. The largest absolute Gasteiger partial charge is 0.395 e. The zero-order valence-electron chi connectivity index (χ0n) is 17.3. The summed E-state index contributed by atoms with van der Waals surface area (Å²) in [6, 6.07) is 23.9. The molecule has 0 aromatic heterocycles.